The molecule has 1 N–H and O–H groups in total. The van der Waals surface area contributed by atoms with E-state index < -0.39 is 28.5 Å². The molecular weight excluding hydrogens is 585 g/mol. The minimum atomic E-state index is -4.16. The molecule has 0 aliphatic rings. The molecule has 0 unspecified atom stereocenters. The van der Waals surface area contributed by atoms with Crippen LogP contribution in [0.2, 0.25) is 10.0 Å². The van der Waals surface area contributed by atoms with Crippen molar-refractivity contribution in [3.63, 3.8) is 0 Å². The minimum absolute atomic E-state index is 0.0246. The van der Waals surface area contributed by atoms with Gasteiger partial charge in [-0.1, -0.05) is 54.4 Å². The lowest BCUT2D eigenvalue weighted by molar-refractivity contribution is -0.139. The molecule has 0 radical (unpaired) electrons. The highest BCUT2D eigenvalue weighted by Crippen LogP contribution is 2.28. The highest BCUT2D eigenvalue weighted by molar-refractivity contribution is 7.92. The maximum absolute atomic E-state index is 14.0. The highest BCUT2D eigenvalue weighted by atomic mass is 35.5. The van der Waals surface area contributed by atoms with Gasteiger partial charge in [0.05, 0.1) is 17.2 Å². The summed E-state index contributed by atoms with van der Waals surface area (Å²) in [6.45, 7) is 7.11. The van der Waals surface area contributed by atoms with Gasteiger partial charge in [0.2, 0.25) is 11.8 Å². The molecule has 0 heterocycles. The van der Waals surface area contributed by atoms with Gasteiger partial charge >= 0.3 is 0 Å². The van der Waals surface area contributed by atoms with E-state index in [2.05, 4.69) is 5.32 Å². The number of nitrogens with one attached hydrogen (secondary N) is 1. The Bertz CT molecular complexity index is 1440. The van der Waals surface area contributed by atoms with E-state index >= 15 is 0 Å². The van der Waals surface area contributed by atoms with E-state index in [0.29, 0.717) is 34.4 Å². The third-order valence-electron chi connectivity index (χ3n) is 6.57. The fourth-order valence-electron chi connectivity index (χ4n) is 4.01. The van der Waals surface area contributed by atoms with Crippen molar-refractivity contribution in [2.75, 3.05) is 17.5 Å². The van der Waals surface area contributed by atoms with Crippen LogP contribution in [0.25, 0.3) is 0 Å². The fraction of sp³-hybridized carbons (Fsp3) is 0.333. The summed E-state index contributed by atoms with van der Waals surface area (Å²) < 4.78 is 34.2. The van der Waals surface area contributed by atoms with E-state index in [4.69, 9.17) is 27.9 Å². The number of benzene rings is 3. The standard InChI is InChI=1S/C30H35Cl2N3O5S/c1-5-21(3)33-30(37)22(4)34(19-23-12-13-24(31)18-28(23)32)29(36)20-35(25-14-16-26(17-15-25)40-6-2)41(38,39)27-10-8-7-9-11-27/h7-18,21-22H,5-6,19-20H2,1-4H3,(H,33,37)/t21-,22+/m1/s1. The quantitative estimate of drug-likeness (QED) is 0.256. The van der Waals surface area contributed by atoms with E-state index in [1.807, 2.05) is 20.8 Å². The van der Waals surface area contributed by atoms with E-state index in [0.717, 1.165) is 4.31 Å². The second-order valence-corrected chi connectivity index (χ2v) is 12.2. The lowest BCUT2D eigenvalue weighted by Gasteiger charge is -2.32. The first-order chi connectivity index (χ1) is 19.5. The number of sulfonamides is 1. The Balaban J connectivity index is 2.04. The second-order valence-electron chi connectivity index (χ2n) is 9.50. The normalized spacial score (nSPS) is 12.7. The Kier molecular flexibility index (Phi) is 11.5. The molecule has 0 saturated heterocycles. The number of carbonyl (C=O) groups is 2. The van der Waals surface area contributed by atoms with E-state index in [9.17, 15) is 18.0 Å². The predicted molar refractivity (Wildman–Crippen MR) is 163 cm³/mol. The maximum Gasteiger partial charge on any atom is 0.264 e. The average Bonchev–Trinajstić information content (AvgIpc) is 2.96. The summed E-state index contributed by atoms with van der Waals surface area (Å²) in [5.74, 6) is -0.387. The molecule has 0 aliphatic heterocycles. The van der Waals surface area contributed by atoms with Crippen LogP contribution in [0.15, 0.2) is 77.7 Å². The van der Waals surface area contributed by atoms with Crippen LogP contribution >= 0.6 is 23.2 Å². The van der Waals surface area contributed by atoms with Crippen molar-refractivity contribution in [2.45, 2.75) is 57.6 Å². The number of carbonyl (C=O) groups excluding carboxylic acids is 2. The van der Waals surface area contributed by atoms with Crippen LogP contribution in [0.5, 0.6) is 5.75 Å². The lowest BCUT2D eigenvalue weighted by atomic mass is 10.1. The smallest absolute Gasteiger partial charge is 0.264 e. The molecule has 0 saturated carbocycles. The van der Waals surface area contributed by atoms with Crippen LogP contribution in [0.3, 0.4) is 0 Å². The second kappa shape index (κ2) is 14.6. The molecule has 11 heteroatoms. The summed E-state index contributed by atoms with van der Waals surface area (Å²) in [5.41, 5.74) is 0.831. The first kappa shape index (κ1) is 32.2. The number of anilines is 1. The zero-order valence-electron chi connectivity index (χ0n) is 23.5. The molecule has 220 valence electrons. The molecule has 2 amide bonds. The lowest BCUT2D eigenvalue weighted by Crippen LogP contribution is -2.52. The van der Waals surface area contributed by atoms with Gasteiger partial charge in [-0.05, 0) is 81.3 Å². The molecule has 0 fully saturated rings. The van der Waals surface area contributed by atoms with Crippen molar-refractivity contribution >= 4 is 50.7 Å². The van der Waals surface area contributed by atoms with Gasteiger partial charge in [-0.25, -0.2) is 8.42 Å². The topological polar surface area (TPSA) is 96.0 Å². The van der Waals surface area contributed by atoms with E-state index in [1.54, 1.807) is 67.6 Å². The van der Waals surface area contributed by atoms with Crippen LogP contribution < -0.4 is 14.4 Å². The Morgan fingerprint density at radius 2 is 1.61 bits per heavy atom. The summed E-state index contributed by atoms with van der Waals surface area (Å²) in [7, 11) is -4.16. The fourth-order valence-corrected chi connectivity index (χ4v) is 5.91. The summed E-state index contributed by atoms with van der Waals surface area (Å²) in [6.07, 6.45) is 0.705. The molecule has 3 rings (SSSR count). The Morgan fingerprint density at radius 3 is 2.20 bits per heavy atom. The Hall–Kier alpha value is -3.27. The van der Waals surface area contributed by atoms with Crippen molar-refractivity contribution in [1.29, 1.82) is 0 Å². The van der Waals surface area contributed by atoms with Gasteiger partial charge in [0.1, 0.15) is 18.3 Å². The number of nitrogens with zero attached hydrogens (tertiary/aromatic N) is 2. The van der Waals surface area contributed by atoms with Gasteiger partial charge in [-0.3, -0.25) is 13.9 Å². The molecule has 3 aromatic carbocycles. The van der Waals surface area contributed by atoms with Crippen LogP contribution in [0.1, 0.15) is 39.7 Å². The van der Waals surface area contributed by atoms with Gasteiger partial charge in [0.15, 0.2) is 0 Å². The van der Waals surface area contributed by atoms with Gasteiger partial charge in [0.25, 0.3) is 10.0 Å². The number of hydrogen-bond acceptors (Lipinski definition) is 5. The number of ether oxygens (including phenoxy) is 1. The van der Waals surface area contributed by atoms with Gasteiger partial charge in [-0.15, -0.1) is 0 Å². The van der Waals surface area contributed by atoms with Gasteiger partial charge in [0, 0.05) is 22.6 Å². The maximum atomic E-state index is 14.0. The summed E-state index contributed by atoms with van der Waals surface area (Å²) in [5, 5.41) is 3.65. The van der Waals surface area contributed by atoms with E-state index in [-0.39, 0.29) is 29.1 Å². The third-order valence-corrected chi connectivity index (χ3v) is 8.94. The zero-order chi connectivity index (χ0) is 30.2. The van der Waals surface area contributed by atoms with Crippen LogP contribution in [-0.2, 0) is 26.2 Å². The monoisotopic (exact) mass is 619 g/mol. The molecule has 3 aromatic rings. The number of halogens is 2. The largest absolute Gasteiger partial charge is 0.494 e. The number of rotatable bonds is 13. The first-order valence-corrected chi connectivity index (χ1v) is 15.5. The Labute approximate surface area is 252 Å². The molecule has 0 aliphatic carbocycles. The minimum Gasteiger partial charge on any atom is -0.494 e. The highest BCUT2D eigenvalue weighted by Gasteiger charge is 2.33. The van der Waals surface area contributed by atoms with Gasteiger partial charge in [-0.2, -0.15) is 0 Å². The third kappa shape index (κ3) is 8.38. The number of amides is 2. The van der Waals surface area contributed by atoms with Crippen LogP contribution in [0.4, 0.5) is 5.69 Å². The SMILES string of the molecule is CCOc1ccc(N(CC(=O)N(Cc2ccc(Cl)cc2Cl)[C@@H](C)C(=O)N[C@H](C)CC)S(=O)(=O)c2ccccc2)cc1. The van der Waals surface area contributed by atoms with Crippen molar-refractivity contribution < 1.29 is 22.7 Å². The Morgan fingerprint density at radius 1 is 0.951 bits per heavy atom. The average molecular weight is 621 g/mol. The summed E-state index contributed by atoms with van der Waals surface area (Å²) in [6, 6.07) is 18.1. The number of hydrogen-bond donors (Lipinski definition) is 1. The molecule has 0 aromatic heterocycles. The molecule has 41 heavy (non-hydrogen) atoms. The molecular formula is C30H35Cl2N3O5S. The van der Waals surface area contributed by atoms with Crippen molar-refractivity contribution in [3.05, 3.63) is 88.4 Å². The summed E-state index contributed by atoms with van der Waals surface area (Å²) >= 11 is 12.5. The zero-order valence-corrected chi connectivity index (χ0v) is 25.8. The molecule has 0 spiro atoms. The van der Waals surface area contributed by atoms with Crippen LogP contribution in [-0.4, -0.2) is 50.4 Å². The predicted octanol–water partition coefficient (Wildman–Crippen LogP) is 5.92. The molecule has 2 atom stereocenters. The molecule has 8 nitrogen and oxygen atoms in total. The summed E-state index contributed by atoms with van der Waals surface area (Å²) in [4.78, 5) is 28.5. The van der Waals surface area contributed by atoms with Crippen molar-refractivity contribution in [2.24, 2.45) is 0 Å². The van der Waals surface area contributed by atoms with Crippen molar-refractivity contribution in [1.82, 2.24) is 10.2 Å². The molecule has 0 bridgehead atoms. The van der Waals surface area contributed by atoms with Gasteiger partial charge < -0.3 is 15.0 Å². The first-order valence-electron chi connectivity index (χ1n) is 13.3. The van der Waals surface area contributed by atoms with Crippen LogP contribution in [0, 0.1) is 0 Å². The van der Waals surface area contributed by atoms with E-state index in [1.165, 1.54) is 17.0 Å². The van der Waals surface area contributed by atoms with Crippen molar-refractivity contribution in [3.8, 4) is 5.75 Å².